The SMILES string of the molecule is CC(=O)c1ccc(C2=C(Br)C(=O)N(Cc3ccccc3I)C23C=CC(=O)C=C3)cc1. The molecule has 2 aliphatic rings. The van der Waals surface area contributed by atoms with Crippen molar-refractivity contribution in [1.82, 2.24) is 4.90 Å². The highest BCUT2D eigenvalue weighted by Crippen LogP contribution is 2.48. The molecule has 1 aliphatic carbocycles. The molecule has 0 unspecified atom stereocenters. The lowest BCUT2D eigenvalue weighted by molar-refractivity contribution is -0.127. The molecule has 0 saturated carbocycles. The molecule has 6 heteroatoms. The van der Waals surface area contributed by atoms with Gasteiger partial charge in [0.15, 0.2) is 11.6 Å². The number of Topliss-reactive ketones (excluding diaryl/α,β-unsaturated/α-hetero) is 1. The van der Waals surface area contributed by atoms with E-state index < -0.39 is 5.54 Å². The van der Waals surface area contributed by atoms with Gasteiger partial charge in [0.1, 0.15) is 5.54 Å². The number of amides is 1. The van der Waals surface area contributed by atoms with Crippen molar-refractivity contribution in [3.63, 3.8) is 0 Å². The smallest absolute Gasteiger partial charge is 0.262 e. The zero-order valence-corrected chi connectivity index (χ0v) is 19.8. The largest absolute Gasteiger partial charge is 0.317 e. The third kappa shape index (κ3) is 3.52. The Kier molecular flexibility index (Phi) is 5.63. The number of halogens is 2. The fraction of sp³-hybridized carbons (Fsp3) is 0.125. The van der Waals surface area contributed by atoms with E-state index in [1.807, 2.05) is 36.4 Å². The summed E-state index contributed by atoms with van der Waals surface area (Å²) in [6.45, 7) is 1.91. The fourth-order valence-corrected chi connectivity index (χ4v) is 5.13. The molecule has 150 valence electrons. The highest BCUT2D eigenvalue weighted by atomic mass is 127. The first-order chi connectivity index (χ1) is 14.3. The van der Waals surface area contributed by atoms with Crippen molar-refractivity contribution in [2.75, 3.05) is 0 Å². The van der Waals surface area contributed by atoms with Gasteiger partial charge in [0.05, 0.1) is 4.48 Å². The van der Waals surface area contributed by atoms with E-state index >= 15 is 0 Å². The third-order valence-electron chi connectivity index (χ3n) is 5.37. The number of rotatable bonds is 4. The van der Waals surface area contributed by atoms with Gasteiger partial charge >= 0.3 is 0 Å². The number of hydrogen-bond donors (Lipinski definition) is 0. The summed E-state index contributed by atoms with van der Waals surface area (Å²) in [6.07, 6.45) is 6.58. The van der Waals surface area contributed by atoms with Crippen LogP contribution in [0.3, 0.4) is 0 Å². The van der Waals surface area contributed by atoms with Crippen molar-refractivity contribution >= 4 is 61.6 Å². The van der Waals surface area contributed by atoms with Gasteiger partial charge in [0, 0.05) is 21.3 Å². The molecule has 2 aromatic rings. The molecule has 1 spiro atoms. The van der Waals surface area contributed by atoms with E-state index in [0.717, 1.165) is 20.3 Å². The van der Waals surface area contributed by atoms with Crippen molar-refractivity contribution < 1.29 is 14.4 Å². The minimum absolute atomic E-state index is 0.0184. The van der Waals surface area contributed by atoms with Crippen LogP contribution >= 0.6 is 38.5 Å². The average molecular weight is 574 g/mol. The lowest BCUT2D eigenvalue weighted by Gasteiger charge is -2.37. The van der Waals surface area contributed by atoms with Crippen LogP contribution in [-0.4, -0.2) is 27.9 Å². The van der Waals surface area contributed by atoms with E-state index in [1.165, 1.54) is 19.1 Å². The van der Waals surface area contributed by atoms with Crippen LogP contribution in [0.25, 0.3) is 5.57 Å². The van der Waals surface area contributed by atoms with Gasteiger partial charge in [-0.25, -0.2) is 0 Å². The van der Waals surface area contributed by atoms with Crippen LogP contribution in [0.15, 0.2) is 77.3 Å². The molecule has 1 aliphatic heterocycles. The van der Waals surface area contributed by atoms with E-state index in [1.54, 1.807) is 29.2 Å². The molecule has 4 rings (SSSR count). The van der Waals surface area contributed by atoms with Crippen LogP contribution in [0.4, 0.5) is 0 Å². The summed E-state index contributed by atoms with van der Waals surface area (Å²) in [5.41, 5.74) is 2.32. The van der Waals surface area contributed by atoms with Crippen molar-refractivity contribution in [2.24, 2.45) is 0 Å². The second kappa shape index (κ2) is 8.07. The van der Waals surface area contributed by atoms with Gasteiger partial charge in [0.2, 0.25) is 0 Å². The van der Waals surface area contributed by atoms with E-state index in [2.05, 4.69) is 38.5 Å². The van der Waals surface area contributed by atoms with E-state index in [0.29, 0.717) is 16.6 Å². The Labute approximate surface area is 196 Å². The number of allylic oxidation sites excluding steroid dienone is 2. The maximum atomic E-state index is 13.3. The molecule has 0 bridgehead atoms. The Bertz CT molecular complexity index is 1150. The molecular weight excluding hydrogens is 557 g/mol. The number of carbonyl (C=O) groups excluding carboxylic acids is 3. The lowest BCUT2D eigenvalue weighted by atomic mass is 9.82. The monoisotopic (exact) mass is 573 g/mol. The Hall–Kier alpha value is -2.32. The molecule has 0 fully saturated rings. The van der Waals surface area contributed by atoms with Crippen LogP contribution in [0.2, 0.25) is 0 Å². The predicted octanol–water partition coefficient (Wildman–Crippen LogP) is 5.08. The molecule has 4 nitrogen and oxygen atoms in total. The topological polar surface area (TPSA) is 54.5 Å². The van der Waals surface area contributed by atoms with Crippen LogP contribution in [0.5, 0.6) is 0 Å². The lowest BCUT2D eigenvalue weighted by Crippen LogP contribution is -2.45. The van der Waals surface area contributed by atoms with Gasteiger partial charge in [-0.05, 0) is 86.9 Å². The first-order valence-corrected chi connectivity index (χ1v) is 11.2. The summed E-state index contributed by atoms with van der Waals surface area (Å²) in [6, 6.07) is 15.1. The van der Waals surface area contributed by atoms with Crippen LogP contribution in [-0.2, 0) is 16.1 Å². The summed E-state index contributed by atoms with van der Waals surface area (Å²) < 4.78 is 1.51. The summed E-state index contributed by atoms with van der Waals surface area (Å²) in [7, 11) is 0. The van der Waals surface area contributed by atoms with Crippen LogP contribution in [0, 0.1) is 3.57 Å². The normalized spacial score (nSPS) is 17.4. The van der Waals surface area contributed by atoms with Crippen molar-refractivity contribution in [2.45, 2.75) is 19.0 Å². The third-order valence-corrected chi connectivity index (χ3v) is 7.16. The minimum atomic E-state index is -0.888. The number of benzene rings is 2. The molecule has 1 heterocycles. The molecule has 1 amide bonds. The molecule has 0 saturated heterocycles. The second-order valence-corrected chi connectivity index (χ2v) is 9.15. The summed E-state index contributed by atoms with van der Waals surface area (Å²) >= 11 is 5.78. The van der Waals surface area contributed by atoms with Gasteiger partial charge in [-0.3, -0.25) is 14.4 Å². The molecular formula is C24H17BrINO3. The minimum Gasteiger partial charge on any atom is -0.317 e. The van der Waals surface area contributed by atoms with Crippen molar-refractivity contribution in [1.29, 1.82) is 0 Å². The van der Waals surface area contributed by atoms with E-state index in [-0.39, 0.29) is 17.5 Å². The second-order valence-electron chi connectivity index (χ2n) is 7.20. The number of nitrogens with zero attached hydrogens (tertiary/aromatic N) is 1. The molecule has 30 heavy (non-hydrogen) atoms. The molecule has 0 N–H and O–H groups in total. The zero-order valence-electron chi connectivity index (χ0n) is 16.1. The predicted molar refractivity (Wildman–Crippen MR) is 128 cm³/mol. The Morgan fingerprint density at radius 1 is 1.03 bits per heavy atom. The fourth-order valence-electron chi connectivity index (χ4n) is 3.81. The summed E-state index contributed by atoms with van der Waals surface area (Å²) in [4.78, 5) is 38.7. The van der Waals surface area contributed by atoms with Gasteiger partial charge in [0.25, 0.3) is 5.91 Å². The Morgan fingerprint density at radius 2 is 1.67 bits per heavy atom. The number of ketones is 2. The van der Waals surface area contributed by atoms with Gasteiger partial charge in [-0.15, -0.1) is 0 Å². The first-order valence-electron chi connectivity index (χ1n) is 9.33. The zero-order chi connectivity index (χ0) is 21.5. The number of carbonyl (C=O) groups is 3. The van der Waals surface area contributed by atoms with Crippen molar-refractivity contribution in [3.8, 4) is 0 Å². The molecule has 0 atom stereocenters. The molecule has 2 aromatic carbocycles. The number of hydrogen-bond acceptors (Lipinski definition) is 3. The summed E-state index contributed by atoms with van der Waals surface area (Å²) in [5, 5.41) is 0. The summed E-state index contributed by atoms with van der Waals surface area (Å²) in [5.74, 6) is -0.282. The highest BCUT2D eigenvalue weighted by Gasteiger charge is 2.49. The molecule has 0 radical (unpaired) electrons. The average Bonchev–Trinajstić information content (AvgIpc) is 2.93. The molecule has 0 aromatic heterocycles. The van der Waals surface area contributed by atoms with Crippen molar-refractivity contribution in [3.05, 3.63) is 97.6 Å². The standard InChI is InChI=1S/C24H17BrINO3/c1-15(28)16-6-8-17(9-7-16)21-22(25)23(30)27(14-18-4-2-3-5-20(18)26)24(21)12-10-19(29)11-13-24/h2-13H,14H2,1H3. The first kappa shape index (κ1) is 20.9. The Morgan fingerprint density at radius 3 is 2.27 bits per heavy atom. The van der Waals surface area contributed by atoms with Gasteiger partial charge in [-0.1, -0.05) is 42.5 Å². The van der Waals surface area contributed by atoms with E-state index in [9.17, 15) is 14.4 Å². The Balaban J connectivity index is 1.84. The van der Waals surface area contributed by atoms with Crippen LogP contribution in [0.1, 0.15) is 28.4 Å². The highest BCUT2D eigenvalue weighted by molar-refractivity contribution is 14.1. The maximum absolute atomic E-state index is 13.3. The van der Waals surface area contributed by atoms with Gasteiger partial charge < -0.3 is 4.90 Å². The quantitative estimate of drug-likeness (QED) is 0.379. The maximum Gasteiger partial charge on any atom is 0.262 e. The van der Waals surface area contributed by atoms with Crippen LogP contribution < -0.4 is 0 Å². The van der Waals surface area contributed by atoms with E-state index in [4.69, 9.17) is 0 Å². The van der Waals surface area contributed by atoms with Gasteiger partial charge in [-0.2, -0.15) is 0 Å².